The standard InChI is InChI=1S/C6H10ClNO5/c7-4(1-5(11)12)6(13)8(2-9)3-10/h4,9-10H,1-3H2,(H,11,12). The zero-order valence-electron chi connectivity index (χ0n) is 6.68. The highest BCUT2D eigenvalue weighted by atomic mass is 35.5. The maximum Gasteiger partial charge on any atom is 0.305 e. The summed E-state index contributed by atoms with van der Waals surface area (Å²) in [6.45, 7) is -1.39. The molecule has 76 valence electrons. The van der Waals surface area contributed by atoms with Gasteiger partial charge in [0.1, 0.15) is 18.8 Å². The van der Waals surface area contributed by atoms with Crippen molar-refractivity contribution in [3.8, 4) is 0 Å². The van der Waals surface area contributed by atoms with E-state index in [0.717, 1.165) is 0 Å². The van der Waals surface area contributed by atoms with Crippen molar-refractivity contribution < 1.29 is 24.9 Å². The van der Waals surface area contributed by atoms with E-state index in [1.165, 1.54) is 0 Å². The largest absolute Gasteiger partial charge is 0.481 e. The van der Waals surface area contributed by atoms with E-state index in [0.29, 0.717) is 4.90 Å². The Morgan fingerprint density at radius 2 is 1.77 bits per heavy atom. The highest BCUT2D eigenvalue weighted by molar-refractivity contribution is 6.31. The van der Waals surface area contributed by atoms with E-state index in [1.54, 1.807) is 0 Å². The van der Waals surface area contributed by atoms with Crippen LogP contribution in [0.25, 0.3) is 0 Å². The first-order valence-electron chi connectivity index (χ1n) is 3.39. The van der Waals surface area contributed by atoms with Crippen molar-refractivity contribution in [3.63, 3.8) is 0 Å². The number of aliphatic hydroxyl groups excluding tert-OH is 2. The number of carboxylic acids is 1. The number of hydrogen-bond acceptors (Lipinski definition) is 4. The SMILES string of the molecule is O=C(O)CC(Cl)C(=O)N(CO)CO. The average molecular weight is 212 g/mol. The van der Waals surface area contributed by atoms with E-state index in [9.17, 15) is 9.59 Å². The van der Waals surface area contributed by atoms with Crippen LogP contribution in [0.15, 0.2) is 0 Å². The summed E-state index contributed by atoms with van der Waals surface area (Å²) in [5.74, 6) is -2.03. The number of halogens is 1. The lowest BCUT2D eigenvalue weighted by atomic mass is 10.3. The first-order chi connectivity index (χ1) is 6.02. The molecule has 1 amide bonds. The molecule has 7 heteroatoms. The lowest BCUT2D eigenvalue weighted by Crippen LogP contribution is -2.38. The number of hydrogen-bond donors (Lipinski definition) is 3. The number of carboxylic acid groups (broad SMARTS) is 1. The van der Waals surface area contributed by atoms with E-state index >= 15 is 0 Å². The Balaban J connectivity index is 4.14. The van der Waals surface area contributed by atoms with Crippen molar-refractivity contribution in [2.75, 3.05) is 13.5 Å². The molecule has 1 unspecified atom stereocenters. The quantitative estimate of drug-likeness (QED) is 0.392. The van der Waals surface area contributed by atoms with Gasteiger partial charge in [-0.1, -0.05) is 0 Å². The van der Waals surface area contributed by atoms with Crippen LogP contribution >= 0.6 is 11.6 Å². The number of aliphatic hydroxyl groups is 2. The Kier molecular flexibility index (Phi) is 5.36. The van der Waals surface area contributed by atoms with Gasteiger partial charge in [0.05, 0.1) is 6.42 Å². The molecule has 0 spiro atoms. The predicted molar refractivity (Wildman–Crippen MR) is 42.9 cm³/mol. The van der Waals surface area contributed by atoms with Gasteiger partial charge >= 0.3 is 5.97 Å². The summed E-state index contributed by atoms with van der Waals surface area (Å²) >= 11 is 5.38. The topological polar surface area (TPSA) is 98.1 Å². The van der Waals surface area contributed by atoms with Gasteiger partial charge in [-0.25, -0.2) is 0 Å². The molecule has 0 radical (unpaired) electrons. The second-order valence-electron chi connectivity index (χ2n) is 2.23. The van der Waals surface area contributed by atoms with Crippen LogP contribution in [0.2, 0.25) is 0 Å². The minimum atomic E-state index is -1.27. The second kappa shape index (κ2) is 5.74. The van der Waals surface area contributed by atoms with Crippen molar-refractivity contribution in [2.45, 2.75) is 11.8 Å². The molecule has 0 fully saturated rings. The van der Waals surface area contributed by atoms with Gasteiger partial charge in [0, 0.05) is 0 Å². The monoisotopic (exact) mass is 211 g/mol. The molecule has 0 rings (SSSR count). The number of rotatable bonds is 5. The van der Waals surface area contributed by atoms with Crippen molar-refractivity contribution in [1.29, 1.82) is 0 Å². The Labute approximate surface area is 79.3 Å². The van der Waals surface area contributed by atoms with Crippen LogP contribution < -0.4 is 0 Å². The first-order valence-corrected chi connectivity index (χ1v) is 3.83. The van der Waals surface area contributed by atoms with Crippen LogP contribution in [0.1, 0.15) is 6.42 Å². The molecule has 0 aliphatic rings. The predicted octanol–water partition coefficient (Wildman–Crippen LogP) is -1.20. The second-order valence-corrected chi connectivity index (χ2v) is 2.75. The summed E-state index contributed by atoms with van der Waals surface area (Å²) in [4.78, 5) is 21.8. The number of carbonyl (C=O) groups excluding carboxylic acids is 1. The van der Waals surface area contributed by atoms with Crippen LogP contribution in [-0.2, 0) is 9.59 Å². The van der Waals surface area contributed by atoms with Crippen molar-refractivity contribution in [2.24, 2.45) is 0 Å². The molecule has 0 aromatic rings. The summed E-state index contributed by atoms with van der Waals surface area (Å²) in [6, 6.07) is 0. The zero-order chi connectivity index (χ0) is 10.4. The lowest BCUT2D eigenvalue weighted by molar-refractivity contribution is -0.144. The Morgan fingerprint density at radius 1 is 1.31 bits per heavy atom. The highest BCUT2D eigenvalue weighted by Crippen LogP contribution is 2.06. The van der Waals surface area contributed by atoms with Gasteiger partial charge in [0.2, 0.25) is 5.91 Å². The summed E-state index contributed by atoms with van der Waals surface area (Å²) in [6.07, 6.45) is -0.545. The van der Waals surface area contributed by atoms with E-state index in [4.69, 9.17) is 26.9 Å². The maximum absolute atomic E-state index is 11.1. The Morgan fingerprint density at radius 3 is 2.08 bits per heavy atom. The highest BCUT2D eigenvalue weighted by Gasteiger charge is 2.23. The third-order valence-electron chi connectivity index (χ3n) is 1.27. The molecule has 13 heavy (non-hydrogen) atoms. The van der Waals surface area contributed by atoms with Crippen LogP contribution in [0.5, 0.6) is 0 Å². The maximum atomic E-state index is 11.1. The van der Waals surface area contributed by atoms with Crippen molar-refractivity contribution in [1.82, 2.24) is 4.90 Å². The molecular weight excluding hydrogens is 202 g/mol. The summed E-state index contributed by atoms with van der Waals surface area (Å²) in [7, 11) is 0. The first kappa shape index (κ1) is 12.2. The molecule has 0 aliphatic heterocycles. The third kappa shape index (κ3) is 4.07. The molecule has 3 N–H and O–H groups in total. The number of alkyl halides is 1. The van der Waals surface area contributed by atoms with E-state index in [2.05, 4.69) is 0 Å². The smallest absolute Gasteiger partial charge is 0.305 e. The molecule has 0 aromatic carbocycles. The van der Waals surface area contributed by atoms with Gasteiger partial charge in [-0.3, -0.25) is 14.5 Å². The van der Waals surface area contributed by atoms with Gasteiger partial charge in [-0.15, -0.1) is 11.6 Å². The molecule has 0 aromatic heterocycles. The van der Waals surface area contributed by atoms with E-state index < -0.39 is 37.1 Å². The summed E-state index contributed by atoms with van der Waals surface area (Å²) < 4.78 is 0. The van der Waals surface area contributed by atoms with Crippen LogP contribution in [0.3, 0.4) is 0 Å². The fourth-order valence-electron chi connectivity index (χ4n) is 0.623. The van der Waals surface area contributed by atoms with Gasteiger partial charge < -0.3 is 15.3 Å². The zero-order valence-corrected chi connectivity index (χ0v) is 7.44. The molecule has 0 heterocycles. The van der Waals surface area contributed by atoms with Crippen LogP contribution in [0, 0.1) is 0 Å². The van der Waals surface area contributed by atoms with Crippen LogP contribution in [-0.4, -0.2) is 50.9 Å². The lowest BCUT2D eigenvalue weighted by Gasteiger charge is -2.18. The number of aliphatic carboxylic acids is 1. The summed E-state index contributed by atoms with van der Waals surface area (Å²) in [5.41, 5.74) is 0. The van der Waals surface area contributed by atoms with Crippen LogP contribution in [0.4, 0.5) is 0 Å². The minimum absolute atomic E-state index is 0.545. The molecular formula is C6H10ClNO5. The molecule has 0 bridgehead atoms. The molecule has 0 saturated carbocycles. The Hall–Kier alpha value is -0.850. The fourth-order valence-corrected chi connectivity index (χ4v) is 0.893. The third-order valence-corrected chi connectivity index (χ3v) is 1.62. The van der Waals surface area contributed by atoms with Gasteiger partial charge in [-0.05, 0) is 0 Å². The van der Waals surface area contributed by atoms with Gasteiger partial charge in [-0.2, -0.15) is 0 Å². The van der Waals surface area contributed by atoms with E-state index in [1.807, 2.05) is 0 Å². The number of carbonyl (C=O) groups is 2. The summed E-state index contributed by atoms with van der Waals surface area (Å²) in [5, 5.41) is 24.0. The van der Waals surface area contributed by atoms with Crippen molar-refractivity contribution >= 4 is 23.5 Å². The minimum Gasteiger partial charge on any atom is -0.481 e. The number of amides is 1. The normalized spacial score (nSPS) is 12.2. The molecule has 6 nitrogen and oxygen atoms in total. The molecule has 0 aliphatic carbocycles. The van der Waals surface area contributed by atoms with Gasteiger partial charge in [0.25, 0.3) is 0 Å². The van der Waals surface area contributed by atoms with E-state index in [-0.39, 0.29) is 0 Å². The average Bonchev–Trinajstić information content (AvgIpc) is 2.05. The molecule has 0 saturated heterocycles. The fraction of sp³-hybridized carbons (Fsp3) is 0.667. The molecule has 1 atom stereocenters. The van der Waals surface area contributed by atoms with Crippen molar-refractivity contribution in [3.05, 3.63) is 0 Å². The van der Waals surface area contributed by atoms with Gasteiger partial charge in [0.15, 0.2) is 0 Å². The Bertz CT molecular complexity index is 193. The number of nitrogens with zero attached hydrogens (tertiary/aromatic N) is 1.